The molecule has 0 atom stereocenters. The van der Waals surface area contributed by atoms with E-state index in [1.165, 1.54) is 0 Å². The first-order valence-electron chi connectivity index (χ1n) is 9.00. The van der Waals surface area contributed by atoms with Crippen LogP contribution in [-0.4, -0.2) is 40.2 Å². The van der Waals surface area contributed by atoms with Gasteiger partial charge in [0.1, 0.15) is 5.71 Å². The van der Waals surface area contributed by atoms with Crippen LogP contribution in [0, 0.1) is 5.41 Å². The van der Waals surface area contributed by atoms with E-state index in [1.807, 2.05) is 0 Å². The van der Waals surface area contributed by atoms with E-state index < -0.39 is 17.5 Å². The molecule has 0 spiro atoms. The van der Waals surface area contributed by atoms with Crippen LogP contribution < -0.4 is 10.6 Å². The van der Waals surface area contributed by atoms with Gasteiger partial charge >= 0.3 is 6.18 Å². The van der Waals surface area contributed by atoms with Crippen molar-refractivity contribution in [2.45, 2.75) is 25.4 Å². The Labute approximate surface area is 158 Å². The maximum atomic E-state index is 13.1. The van der Waals surface area contributed by atoms with E-state index in [0.717, 1.165) is 60.5 Å². The van der Waals surface area contributed by atoms with Crippen LogP contribution in [0.5, 0.6) is 0 Å². The van der Waals surface area contributed by atoms with Gasteiger partial charge in [0.15, 0.2) is 0 Å². The molecule has 0 radical (unpaired) electrons. The van der Waals surface area contributed by atoms with E-state index in [-0.39, 0.29) is 5.69 Å². The highest BCUT2D eigenvalue weighted by Gasteiger charge is 2.37. The predicted molar refractivity (Wildman–Crippen MR) is 103 cm³/mol. The number of fused-ring (bicyclic) bond motifs is 3. The summed E-state index contributed by atoms with van der Waals surface area (Å²) in [4.78, 5) is 6.57. The summed E-state index contributed by atoms with van der Waals surface area (Å²) in [6, 6.07) is 5.15. The number of pyridine rings is 1. The lowest BCUT2D eigenvalue weighted by Gasteiger charge is -2.30. The maximum absolute atomic E-state index is 13.1. The van der Waals surface area contributed by atoms with Gasteiger partial charge in [0.05, 0.1) is 22.9 Å². The average molecular weight is 388 g/mol. The molecule has 4 N–H and O–H groups in total. The second-order valence-electron chi connectivity index (χ2n) is 6.82. The summed E-state index contributed by atoms with van der Waals surface area (Å²) in [5.41, 5.74) is 5.75. The van der Waals surface area contributed by atoms with Crippen molar-refractivity contribution in [1.29, 1.82) is 5.41 Å². The number of aromatic nitrogens is 3. The second-order valence-corrected chi connectivity index (χ2v) is 6.82. The molecule has 0 bridgehead atoms. The lowest BCUT2D eigenvalue weighted by molar-refractivity contribution is -0.0578. The van der Waals surface area contributed by atoms with Crippen LogP contribution >= 0.6 is 0 Å². The van der Waals surface area contributed by atoms with E-state index in [4.69, 9.17) is 11.1 Å². The van der Waals surface area contributed by atoms with Crippen LogP contribution in [0.2, 0.25) is 0 Å². The minimum atomic E-state index is -4.80. The molecule has 1 aromatic carbocycles. The van der Waals surface area contributed by atoms with Gasteiger partial charge in [-0.2, -0.15) is 18.3 Å². The van der Waals surface area contributed by atoms with E-state index in [9.17, 15) is 13.2 Å². The normalized spacial score (nSPS) is 16.1. The van der Waals surface area contributed by atoms with E-state index >= 15 is 0 Å². The summed E-state index contributed by atoms with van der Waals surface area (Å²) < 4.78 is 39.4. The Kier molecular flexibility index (Phi) is 4.44. The monoisotopic (exact) mass is 388 g/mol. The molecule has 1 fully saturated rings. The Balaban J connectivity index is 1.96. The molecule has 3 heterocycles. The number of hydrogen-bond donors (Lipinski definition) is 3. The zero-order valence-electron chi connectivity index (χ0n) is 15.0. The third-order valence-electron chi connectivity index (χ3n) is 5.06. The van der Waals surface area contributed by atoms with E-state index in [2.05, 4.69) is 20.1 Å². The first-order valence-corrected chi connectivity index (χ1v) is 9.00. The summed E-state index contributed by atoms with van der Waals surface area (Å²) in [5.74, 6) is 0. The molecule has 6 nitrogen and oxygen atoms in total. The Morgan fingerprint density at radius 1 is 1.21 bits per heavy atom. The maximum Gasteiger partial charge on any atom is 0.433 e. The highest BCUT2D eigenvalue weighted by atomic mass is 19.4. The molecule has 1 aliphatic heterocycles. The number of anilines is 1. The topological polar surface area (TPSA) is 94.7 Å². The van der Waals surface area contributed by atoms with Crippen LogP contribution in [0.15, 0.2) is 30.6 Å². The number of nitrogens with one attached hydrogen (secondary N) is 2. The van der Waals surface area contributed by atoms with Crippen molar-refractivity contribution in [2.75, 3.05) is 18.0 Å². The van der Waals surface area contributed by atoms with Crippen molar-refractivity contribution in [1.82, 2.24) is 15.2 Å². The zero-order chi connectivity index (χ0) is 19.9. The summed E-state index contributed by atoms with van der Waals surface area (Å²) in [5, 5.41) is 16.2. The third-order valence-corrected chi connectivity index (χ3v) is 5.06. The fraction of sp³-hybridized carbons (Fsp3) is 0.316. The van der Waals surface area contributed by atoms with Gasteiger partial charge in [-0.25, -0.2) is 4.98 Å². The average Bonchev–Trinajstić information content (AvgIpc) is 3.16. The largest absolute Gasteiger partial charge is 0.433 e. The van der Waals surface area contributed by atoms with Crippen LogP contribution in [0.3, 0.4) is 0 Å². The number of halogens is 3. The fourth-order valence-electron chi connectivity index (χ4n) is 3.70. The number of nitrogens with zero attached hydrogens (tertiary/aromatic N) is 3. The molecule has 9 heteroatoms. The SMILES string of the molecule is N=C(/C(=C\N)c1cc(N2CCCCC2)c2c(ccc3[nH]ncc32)n1)C(F)(F)F. The molecule has 1 aliphatic rings. The quantitative estimate of drug-likeness (QED) is 0.592. The molecule has 0 amide bonds. The number of rotatable bonds is 3. The van der Waals surface area contributed by atoms with Crippen molar-refractivity contribution in [3.05, 3.63) is 36.3 Å². The number of aromatic amines is 1. The van der Waals surface area contributed by atoms with Gasteiger partial charge in [-0.3, -0.25) is 10.5 Å². The number of alkyl halides is 3. The Bertz CT molecular complexity index is 1080. The van der Waals surface area contributed by atoms with Crippen molar-refractivity contribution < 1.29 is 13.2 Å². The standard InChI is InChI=1S/C19H19F3N6/c20-19(21,22)18(24)11(9-23)15-8-16(28-6-2-1-3-7-28)17-12-10-25-27-13(12)4-5-14(17)26-15/h4-5,8-10,24H,1-3,6-7,23H2,(H,25,27)/b11-9-,24-18?. The lowest BCUT2D eigenvalue weighted by Crippen LogP contribution is -2.30. The van der Waals surface area contributed by atoms with Gasteiger partial charge in [0, 0.05) is 41.3 Å². The number of hydrogen-bond acceptors (Lipinski definition) is 5. The molecule has 2 aromatic heterocycles. The van der Waals surface area contributed by atoms with Gasteiger partial charge in [-0.05, 0) is 37.5 Å². The molecule has 1 saturated heterocycles. The summed E-state index contributed by atoms with van der Waals surface area (Å²) in [6.45, 7) is 1.62. The Morgan fingerprint density at radius 2 is 1.96 bits per heavy atom. The molecule has 0 saturated carbocycles. The number of piperidine rings is 1. The van der Waals surface area contributed by atoms with Crippen molar-refractivity contribution in [2.24, 2.45) is 5.73 Å². The number of benzene rings is 1. The molecule has 3 aromatic rings. The van der Waals surface area contributed by atoms with Gasteiger partial charge in [-0.15, -0.1) is 0 Å². The van der Waals surface area contributed by atoms with Crippen molar-refractivity contribution >= 4 is 38.8 Å². The molecule has 0 unspecified atom stereocenters. The van der Waals surface area contributed by atoms with E-state index in [1.54, 1.807) is 24.4 Å². The van der Waals surface area contributed by atoms with E-state index in [0.29, 0.717) is 5.52 Å². The van der Waals surface area contributed by atoms with Crippen molar-refractivity contribution in [3.63, 3.8) is 0 Å². The highest BCUT2D eigenvalue weighted by Crippen LogP contribution is 2.36. The van der Waals surface area contributed by atoms with Gasteiger partial charge < -0.3 is 10.6 Å². The Morgan fingerprint density at radius 3 is 2.64 bits per heavy atom. The second kappa shape index (κ2) is 6.81. The predicted octanol–water partition coefficient (Wildman–Crippen LogP) is 3.98. The number of allylic oxidation sites excluding steroid dienone is 1. The fourth-order valence-corrected chi connectivity index (χ4v) is 3.70. The molecule has 28 heavy (non-hydrogen) atoms. The first kappa shape index (κ1) is 18.3. The van der Waals surface area contributed by atoms with Gasteiger partial charge in [0.25, 0.3) is 0 Å². The number of H-pyrrole nitrogens is 1. The molecule has 4 rings (SSSR count). The van der Waals surface area contributed by atoms with Gasteiger partial charge in [0.2, 0.25) is 0 Å². The van der Waals surface area contributed by atoms with Crippen LogP contribution in [0.1, 0.15) is 25.0 Å². The zero-order valence-corrected chi connectivity index (χ0v) is 15.0. The minimum Gasteiger partial charge on any atom is -0.404 e. The van der Waals surface area contributed by atoms with Gasteiger partial charge in [-0.1, -0.05) is 0 Å². The molecular formula is C19H19F3N6. The molecule has 146 valence electrons. The minimum absolute atomic E-state index is 0.0424. The third kappa shape index (κ3) is 3.06. The summed E-state index contributed by atoms with van der Waals surface area (Å²) >= 11 is 0. The smallest absolute Gasteiger partial charge is 0.404 e. The van der Waals surface area contributed by atoms with Crippen LogP contribution in [0.4, 0.5) is 18.9 Å². The summed E-state index contributed by atoms with van der Waals surface area (Å²) in [7, 11) is 0. The lowest BCUT2D eigenvalue weighted by atomic mass is 10.0. The van der Waals surface area contributed by atoms with Crippen LogP contribution in [0.25, 0.3) is 27.4 Å². The Hall–Kier alpha value is -3.10. The molecule has 0 aliphatic carbocycles. The first-order chi connectivity index (χ1) is 13.4. The van der Waals surface area contributed by atoms with Crippen molar-refractivity contribution in [3.8, 4) is 0 Å². The van der Waals surface area contributed by atoms with Crippen LogP contribution in [-0.2, 0) is 0 Å². The number of nitrogens with two attached hydrogens (primary N) is 1. The highest BCUT2D eigenvalue weighted by molar-refractivity contribution is 6.25. The molecular weight excluding hydrogens is 369 g/mol. The summed E-state index contributed by atoms with van der Waals surface area (Å²) in [6.07, 6.45) is 0.850.